The Kier molecular flexibility index (Phi) is 8.54. The van der Waals surface area contributed by atoms with E-state index < -0.39 is 42.3 Å². The monoisotopic (exact) mass is 987 g/mol. The predicted octanol–water partition coefficient (Wildman–Crippen LogP) is 16.8. The summed E-state index contributed by atoms with van der Waals surface area (Å²) in [4.78, 5) is 9.64. The summed E-state index contributed by atoms with van der Waals surface area (Å²) in [6.07, 6.45) is 7.14. The number of hydrogen-bond donors (Lipinski definition) is 0. The predicted molar refractivity (Wildman–Crippen MR) is 309 cm³/mol. The summed E-state index contributed by atoms with van der Waals surface area (Å²) in [5.74, 6) is 1.85. The highest BCUT2D eigenvalue weighted by molar-refractivity contribution is 6.12. The summed E-state index contributed by atoms with van der Waals surface area (Å²) in [5, 5.41) is 4.42. The van der Waals surface area contributed by atoms with Crippen molar-refractivity contribution < 1.29 is 21.6 Å². The van der Waals surface area contributed by atoms with Crippen LogP contribution < -0.4 is 9.30 Å². The molecule has 0 amide bonds. The van der Waals surface area contributed by atoms with Crippen LogP contribution in [0.4, 0.5) is 0 Å². The first kappa shape index (κ1) is 36.1. The van der Waals surface area contributed by atoms with Gasteiger partial charge in [0.1, 0.15) is 17.3 Å². The molecule has 362 valence electrons. The van der Waals surface area contributed by atoms with E-state index in [9.17, 15) is 4.11 Å². The second-order valence-electron chi connectivity index (χ2n) is 19.8. The van der Waals surface area contributed by atoms with Gasteiger partial charge in [-0.2, -0.15) is 0 Å². The molecule has 0 fully saturated rings. The Labute approximate surface area is 453 Å². The third kappa shape index (κ3) is 7.63. The average molecular weight is 988 g/mol. The lowest BCUT2D eigenvalue weighted by Gasteiger charge is -2.20. The molecule has 0 aliphatic rings. The Morgan fingerprint density at radius 2 is 1.17 bits per heavy atom. The normalized spacial score (nSPS) is 13.5. The zero-order chi connectivity index (χ0) is 58.7. The third-order valence-corrected chi connectivity index (χ3v) is 14.2. The Balaban J connectivity index is 0.949. The molecule has 0 radical (unpaired) electrons. The summed E-state index contributed by atoms with van der Waals surface area (Å²) < 4.78 is 94.4. The van der Waals surface area contributed by atoms with E-state index in [0.29, 0.717) is 39.5 Å². The van der Waals surface area contributed by atoms with E-state index in [1.165, 1.54) is 16.8 Å². The molecule has 7 heteroatoms. The first-order valence-corrected chi connectivity index (χ1v) is 25.1. The number of aromatic nitrogens is 6. The zero-order valence-corrected chi connectivity index (χ0v) is 41.6. The highest BCUT2D eigenvalue weighted by Gasteiger charge is 2.23. The van der Waals surface area contributed by atoms with Crippen molar-refractivity contribution in [2.24, 2.45) is 0 Å². The zero-order valence-electron chi connectivity index (χ0n) is 50.6. The summed E-state index contributed by atoms with van der Waals surface area (Å²) >= 11 is 0. The SMILES string of the molecule is [2H]c1cc(-c2cccc(-c3c([2H])c([2H])c([2H])c([2H])c3[2H])c2-[n+]2[c-]n(-c3cccc(Oc4ccc5c6cc(-n7c8ccccc8c8ccccc87)ccc6n(-c6cc(C(C)(C)C)ccn6)c5c4)c3)c3ccc(-c4ccccn4)cc32)c([2H])c([2H])c1[2H]. The molecule has 0 aliphatic heterocycles. The van der Waals surface area contributed by atoms with Crippen LogP contribution in [0.5, 0.6) is 11.5 Å². The van der Waals surface area contributed by atoms with Crippen LogP contribution in [0.15, 0.2) is 249 Å². The number of pyridine rings is 2. The van der Waals surface area contributed by atoms with Gasteiger partial charge >= 0.3 is 0 Å². The molecule has 0 saturated heterocycles. The summed E-state index contributed by atoms with van der Waals surface area (Å²) in [6.45, 7) is 6.59. The molecule has 7 nitrogen and oxygen atoms in total. The molecule has 0 atom stereocenters. The van der Waals surface area contributed by atoms with Crippen LogP contribution in [-0.4, -0.2) is 23.7 Å². The maximum absolute atomic E-state index is 9.21. The van der Waals surface area contributed by atoms with Crippen molar-refractivity contribution in [1.29, 1.82) is 0 Å². The number of rotatable bonds is 9. The van der Waals surface area contributed by atoms with Crippen LogP contribution in [0.3, 0.4) is 0 Å². The molecular weight excluding hydrogens is 929 g/mol. The molecule has 9 aromatic carbocycles. The van der Waals surface area contributed by atoms with Gasteiger partial charge in [0, 0.05) is 45.7 Å². The van der Waals surface area contributed by atoms with Gasteiger partial charge in [-0.1, -0.05) is 160 Å². The van der Waals surface area contributed by atoms with Crippen LogP contribution in [0, 0.1) is 6.33 Å². The van der Waals surface area contributed by atoms with Crippen molar-refractivity contribution in [3.05, 3.63) is 261 Å². The standard InChI is InChI=1S/C69H50N6O/c1-69(2,3)49-37-39-71-67(41-49)75-63-36-32-51(74-61-29-12-10-24-56(61)57-25-11-13-30-62(57)74)43-59(63)58-34-33-53(44-65(58)75)76-52-23-16-22-50(42-52)72-45-73(66-40-48(31-35-64(66)72)60-28-14-15-38-70-60)68-54(46-18-6-4-7-19-46)26-17-27-55(68)47-20-8-5-9-21-47/h4-44H,1-3H3/i4D,5D,6D,7D,8D,9D,18D,19D,20D. The minimum atomic E-state index is -0.554. The van der Waals surface area contributed by atoms with Gasteiger partial charge < -0.3 is 9.30 Å². The molecule has 76 heavy (non-hydrogen) atoms. The van der Waals surface area contributed by atoms with E-state index in [-0.39, 0.29) is 39.9 Å². The highest BCUT2D eigenvalue weighted by Crippen LogP contribution is 2.40. The van der Waals surface area contributed by atoms with Crippen LogP contribution in [0.25, 0.3) is 111 Å². The summed E-state index contributed by atoms with van der Waals surface area (Å²) in [6, 6.07) is 55.3. The van der Waals surface area contributed by atoms with Crippen molar-refractivity contribution >= 4 is 54.6 Å². The largest absolute Gasteiger partial charge is 0.458 e. The highest BCUT2D eigenvalue weighted by atomic mass is 16.5. The molecule has 0 spiro atoms. The molecule has 14 rings (SSSR count). The Bertz CT molecular complexity index is 5020. The first-order chi connectivity index (χ1) is 41.0. The number of benzene rings is 9. The molecular formula is C69H50N6O. The van der Waals surface area contributed by atoms with Crippen molar-refractivity contribution in [3.8, 4) is 67.9 Å². The third-order valence-electron chi connectivity index (χ3n) is 14.2. The molecule has 0 bridgehead atoms. The second-order valence-corrected chi connectivity index (χ2v) is 19.8. The van der Waals surface area contributed by atoms with Crippen LogP contribution in [0.2, 0.25) is 0 Å². The van der Waals surface area contributed by atoms with Crippen molar-refractivity contribution in [3.63, 3.8) is 0 Å². The van der Waals surface area contributed by atoms with Gasteiger partial charge in [0.2, 0.25) is 0 Å². The number of para-hydroxylation sites is 3. The molecule has 0 unspecified atom stereocenters. The van der Waals surface area contributed by atoms with Gasteiger partial charge in [0.15, 0.2) is 0 Å². The maximum atomic E-state index is 9.21. The van der Waals surface area contributed by atoms with Crippen LogP contribution in [0.1, 0.15) is 38.7 Å². The van der Waals surface area contributed by atoms with E-state index in [1.54, 1.807) is 29.0 Å². The summed E-state index contributed by atoms with van der Waals surface area (Å²) in [7, 11) is 0. The van der Waals surface area contributed by atoms with E-state index in [4.69, 9.17) is 17.9 Å². The number of imidazole rings is 1. The van der Waals surface area contributed by atoms with Gasteiger partial charge in [-0.15, -0.1) is 0 Å². The number of hydrogen-bond acceptors (Lipinski definition) is 3. The Hall–Kier alpha value is -9.85. The van der Waals surface area contributed by atoms with E-state index in [1.807, 2.05) is 83.6 Å². The fraction of sp³-hybridized carbons (Fsp3) is 0.0580. The minimum Gasteiger partial charge on any atom is -0.458 e. The molecule has 5 heterocycles. The smallest absolute Gasteiger partial charge is 0.269 e. The molecule has 14 aromatic rings. The second kappa shape index (κ2) is 18.0. The minimum absolute atomic E-state index is 0.0981. The van der Waals surface area contributed by atoms with Gasteiger partial charge in [-0.05, 0) is 130 Å². The van der Waals surface area contributed by atoms with Gasteiger partial charge in [0.25, 0.3) is 6.33 Å². The number of fused-ring (bicyclic) bond motifs is 7. The number of ether oxygens (including phenoxy) is 1. The fourth-order valence-corrected chi connectivity index (χ4v) is 10.6. The van der Waals surface area contributed by atoms with Crippen molar-refractivity contribution in [2.45, 2.75) is 26.2 Å². The van der Waals surface area contributed by atoms with E-state index in [0.717, 1.165) is 55.5 Å². The van der Waals surface area contributed by atoms with Crippen LogP contribution in [-0.2, 0) is 5.41 Å². The summed E-state index contributed by atoms with van der Waals surface area (Å²) in [5.41, 5.74) is 10.2. The van der Waals surface area contributed by atoms with Crippen molar-refractivity contribution in [2.75, 3.05) is 0 Å². The lowest BCUT2D eigenvalue weighted by atomic mass is 9.88. The van der Waals surface area contributed by atoms with Crippen LogP contribution >= 0.6 is 0 Å². The lowest BCUT2D eigenvalue weighted by molar-refractivity contribution is -0.571. The lowest BCUT2D eigenvalue weighted by Crippen LogP contribution is -2.31. The maximum Gasteiger partial charge on any atom is 0.269 e. The molecule has 0 saturated carbocycles. The molecule has 0 aliphatic carbocycles. The van der Waals surface area contributed by atoms with Gasteiger partial charge in [0.05, 0.1) is 62.5 Å². The van der Waals surface area contributed by atoms with Crippen molar-refractivity contribution in [1.82, 2.24) is 23.7 Å². The first-order valence-electron chi connectivity index (χ1n) is 29.6. The Morgan fingerprint density at radius 3 is 1.96 bits per heavy atom. The topological polar surface area (TPSA) is 53.7 Å². The van der Waals surface area contributed by atoms with Gasteiger partial charge in [-0.3, -0.25) is 18.7 Å². The van der Waals surface area contributed by atoms with Gasteiger partial charge in [-0.25, -0.2) is 4.98 Å². The quantitative estimate of drug-likeness (QED) is 0.107. The average Bonchev–Trinajstić information content (AvgIpc) is 2.04. The fourth-order valence-electron chi connectivity index (χ4n) is 10.6. The molecule has 0 N–H and O–H groups in total. The Morgan fingerprint density at radius 1 is 0.474 bits per heavy atom. The van der Waals surface area contributed by atoms with E-state index >= 15 is 0 Å². The van der Waals surface area contributed by atoms with E-state index in [2.05, 4.69) is 126 Å². The molecule has 5 aromatic heterocycles. The number of nitrogens with zero attached hydrogens (tertiary/aromatic N) is 6.